The van der Waals surface area contributed by atoms with Crippen molar-refractivity contribution in [1.82, 2.24) is 10.2 Å². The summed E-state index contributed by atoms with van der Waals surface area (Å²) in [7, 11) is -4.17. The molecule has 0 heterocycles. The molecular weight excluding hydrogens is 538 g/mol. The highest BCUT2D eigenvalue weighted by molar-refractivity contribution is 7.92. The summed E-state index contributed by atoms with van der Waals surface area (Å²) in [6.07, 6.45) is 0. The van der Waals surface area contributed by atoms with Gasteiger partial charge in [0.05, 0.1) is 17.2 Å². The number of rotatable bonds is 12. The lowest BCUT2D eigenvalue weighted by Crippen LogP contribution is -2.51. The number of amides is 2. The molecule has 0 aliphatic carbocycles. The zero-order chi connectivity index (χ0) is 28.6. The maximum Gasteiger partial charge on any atom is 0.264 e. The van der Waals surface area contributed by atoms with Gasteiger partial charge in [-0.2, -0.15) is 0 Å². The standard InChI is InChI=1S/C29H34ClN3O5S/c1-5-31-29(35)22(4)32(19-23-9-7-21(3)8-10-23)28(34)20-33(25-13-15-26(16-14-25)38-6-2)39(36,37)27-17-11-24(30)12-18-27/h7-18,22H,5-6,19-20H2,1-4H3,(H,31,35). The second kappa shape index (κ2) is 13.5. The van der Waals surface area contributed by atoms with E-state index >= 15 is 0 Å². The van der Waals surface area contributed by atoms with Crippen LogP contribution in [0.15, 0.2) is 77.7 Å². The third-order valence-corrected chi connectivity index (χ3v) is 8.15. The Morgan fingerprint density at radius 1 is 0.949 bits per heavy atom. The summed E-state index contributed by atoms with van der Waals surface area (Å²) >= 11 is 5.99. The highest BCUT2D eigenvalue weighted by atomic mass is 35.5. The fraction of sp³-hybridized carbons (Fsp3) is 0.310. The van der Waals surface area contributed by atoms with Crippen LogP contribution in [0.3, 0.4) is 0 Å². The number of carbonyl (C=O) groups excluding carboxylic acids is 2. The minimum absolute atomic E-state index is 0.0181. The van der Waals surface area contributed by atoms with E-state index < -0.39 is 28.5 Å². The number of ether oxygens (including phenoxy) is 1. The molecule has 208 valence electrons. The first kappa shape index (κ1) is 30.0. The van der Waals surface area contributed by atoms with E-state index in [-0.39, 0.29) is 23.0 Å². The summed E-state index contributed by atoms with van der Waals surface area (Å²) in [4.78, 5) is 28.0. The second-order valence-electron chi connectivity index (χ2n) is 8.97. The van der Waals surface area contributed by atoms with E-state index in [0.717, 1.165) is 15.4 Å². The number of nitrogens with one attached hydrogen (secondary N) is 1. The van der Waals surface area contributed by atoms with Gasteiger partial charge in [-0.1, -0.05) is 41.4 Å². The van der Waals surface area contributed by atoms with Crippen molar-refractivity contribution in [2.45, 2.75) is 45.2 Å². The molecule has 3 aromatic carbocycles. The summed E-state index contributed by atoms with van der Waals surface area (Å²) in [5.41, 5.74) is 2.16. The first-order chi connectivity index (χ1) is 18.6. The third kappa shape index (κ3) is 7.74. The molecule has 0 bridgehead atoms. The predicted octanol–water partition coefficient (Wildman–Crippen LogP) is 4.80. The molecule has 1 atom stereocenters. The number of halogens is 1. The molecule has 0 aromatic heterocycles. The smallest absolute Gasteiger partial charge is 0.264 e. The van der Waals surface area contributed by atoms with Crippen LogP contribution >= 0.6 is 11.6 Å². The van der Waals surface area contributed by atoms with Gasteiger partial charge < -0.3 is 15.0 Å². The van der Waals surface area contributed by atoms with Crippen LogP contribution in [0.25, 0.3) is 0 Å². The number of aryl methyl sites for hydroxylation is 1. The number of hydrogen-bond acceptors (Lipinski definition) is 5. The second-order valence-corrected chi connectivity index (χ2v) is 11.3. The molecule has 8 nitrogen and oxygen atoms in total. The normalized spacial score (nSPS) is 11.9. The highest BCUT2D eigenvalue weighted by Gasteiger charge is 2.32. The van der Waals surface area contributed by atoms with E-state index in [9.17, 15) is 18.0 Å². The average Bonchev–Trinajstić information content (AvgIpc) is 2.92. The highest BCUT2D eigenvalue weighted by Crippen LogP contribution is 2.27. The SMILES string of the molecule is CCNC(=O)C(C)N(Cc1ccc(C)cc1)C(=O)CN(c1ccc(OCC)cc1)S(=O)(=O)c1ccc(Cl)cc1. The molecule has 0 aliphatic rings. The van der Waals surface area contributed by atoms with Crippen molar-refractivity contribution in [2.24, 2.45) is 0 Å². The van der Waals surface area contributed by atoms with Crippen molar-refractivity contribution in [2.75, 3.05) is 24.0 Å². The molecule has 0 aliphatic heterocycles. The topological polar surface area (TPSA) is 96.0 Å². The van der Waals surface area contributed by atoms with Crippen molar-refractivity contribution in [1.29, 1.82) is 0 Å². The van der Waals surface area contributed by atoms with Crippen LogP contribution in [0.4, 0.5) is 5.69 Å². The van der Waals surface area contributed by atoms with Crippen LogP contribution in [-0.4, -0.2) is 50.9 Å². The van der Waals surface area contributed by atoms with Crippen LogP contribution in [0.5, 0.6) is 5.75 Å². The number of anilines is 1. The van der Waals surface area contributed by atoms with E-state index in [0.29, 0.717) is 23.9 Å². The fourth-order valence-corrected chi connectivity index (χ4v) is 5.47. The molecule has 1 N–H and O–H groups in total. The number of sulfonamides is 1. The average molecular weight is 572 g/mol. The van der Waals surface area contributed by atoms with Gasteiger partial charge in [-0.05, 0) is 81.8 Å². The Morgan fingerprint density at radius 3 is 2.13 bits per heavy atom. The minimum Gasteiger partial charge on any atom is -0.494 e. The maximum atomic E-state index is 13.8. The Kier molecular flexibility index (Phi) is 10.4. The van der Waals surface area contributed by atoms with Gasteiger partial charge in [0, 0.05) is 18.1 Å². The summed E-state index contributed by atoms with van der Waals surface area (Å²) < 4.78 is 34.2. The minimum atomic E-state index is -4.17. The Bertz CT molecular complexity index is 1360. The molecule has 0 saturated heterocycles. The van der Waals surface area contributed by atoms with Crippen LogP contribution in [0.1, 0.15) is 31.9 Å². The Hall–Kier alpha value is -3.56. The van der Waals surface area contributed by atoms with Gasteiger partial charge in [-0.3, -0.25) is 13.9 Å². The molecule has 0 radical (unpaired) electrons. The fourth-order valence-electron chi connectivity index (χ4n) is 3.93. The van der Waals surface area contributed by atoms with Crippen LogP contribution < -0.4 is 14.4 Å². The third-order valence-electron chi connectivity index (χ3n) is 6.11. The van der Waals surface area contributed by atoms with E-state index in [1.54, 1.807) is 38.1 Å². The number of nitrogens with zero attached hydrogens (tertiary/aromatic N) is 2. The van der Waals surface area contributed by atoms with Crippen molar-refractivity contribution < 1.29 is 22.7 Å². The molecule has 3 aromatic rings. The Morgan fingerprint density at radius 2 is 1.56 bits per heavy atom. The molecule has 1 unspecified atom stereocenters. The molecule has 0 fully saturated rings. The van der Waals surface area contributed by atoms with Gasteiger partial charge >= 0.3 is 0 Å². The molecule has 10 heteroatoms. The Balaban J connectivity index is 2.02. The van der Waals surface area contributed by atoms with Crippen molar-refractivity contribution >= 4 is 39.1 Å². The van der Waals surface area contributed by atoms with Crippen LogP contribution in [-0.2, 0) is 26.2 Å². The maximum absolute atomic E-state index is 13.8. The van der Waals surface area contributed by atoms with Gasteiger partial charge in [0.2, 0.25) is 11.8 Å². The van der Waals surface area contributed by atoms with Crippen molar-refractivity contribution in [3.63, 3.8) is 0 Å². The zero-order valence-electron chi connectivity index (χ0n) is 22.6. The molecule has 39 heavy (non-hydrogen) atoms. The monoisotopic (exact) mass is 571 g/mol. The molecule has 0 spiro atoms. The van der Waals surface area contributed by atoms with Gasteiger partial charge in [0.1, 0.15) is 18.3 Å². The first-order valence-electron chi connectivity index (χ1n) is 12.7. The lowest BCUT2D eigenvalue weighted by molar-refractivity contribution is -0.139. The summed E-state index contributed by atoms with van der Waals surface area (Å²) in [6.45, 7) is 7.71. The van der Waals surface area contributed by atoms with E-state index in [1.165, 1.54) is 29.2 Å². The lowest BCUT2D eigenvalue weighted by atomic mass is 10.1. The zero-order valence-corrected chi connectivity index (χ0v) is 24.1. The number of carbonyl (C=O) groups is 2. The van der Waals surface area contributed by atoms with Crippen LogP contribution in [0, 0.1) is 6.92 Å². The number of likely N-dealkylation sites (N-methyl/N-ethyl adjacent to an activating group) is 1. The number of benzene rings is 3. The van der Waals surface area contributed by atoms with Gasteiger partial charge in [-0.25, -0.2) is 8.42 Å². The van der Waals surface area contributed by atoms with Crippen molar-refractivity contribution in [3.8, 4) is 5.75 Å². The molecule has 2 amide bonds. The molecule has 3 rings (SSSR count). The quantitative estimate of drug-likeness (QED) is 0.337. The van der Waals surface area contributed by atoms with E-state index in [2.05, 4.69) is 5.32 Å². The first-order valence-corrected chi connectivity index (χ1v) is 14.5. The van der Waals surface area contributed by atoms with Crippen LogP contribution in [0.2, 0.25) is 5.02 Å². The largest absolute Gasteiger partial charge is 0.494 e. The van der Waals surface area contributed by atoms with Gasteiger partial charge in [0.15, 0.2) is 0 Å². The van der Waals surface area contributed by atoms with E-state index in [1.807, 2.05) is 38.1 Å². The van der Waals surface area contributed by atoms with E-state index in [4.69, 9.17) is 16.3 Å². The molecule has 0 saturated carbocycles. The summed E-state index contributed by atoms with van der Waals surface area (Å²) in [6, 6.07) is 19.0. The predicted molar refractivity (Wildman–Crippen MR) is 153 cm³/mol. The van der Waals surface area contributed by atoms with Gasteiger partial charge in [-0.15, -0.1) is 0 Å². The number of hydrogen-bond donors (Lipinski definition) is 1. The van der Waals surface area contributed by atoms with Gasteiger partial charge in [0.25, 0.3) is 10.0 Å². The Labute approximate surface area is 235 Å². The molecular formula is C29H34ClN3O5S. The summed E-state index contributed by atoms with van der Waals surface area (Å²) in [5.74, 6) is -0.283. The lowest BCUT2D eigenvalue weighted by Gasteiger charge is -2.32. The summed E-state index contributed by atoms with van der Waals surface area (Å²) in [5, 5.41) is 3.14. The van der Waals surface area contributed by atoms with Crippen molar-refractivity contribution in [3.05, 3.63) is 88.9 Å².